The van der Waals surface area contributed by atoms with Gasteiger partial charge in [-0.15, -0.1) is 0 Å². The molecule has 0 fully saturated rings. The molecule has 0 saturated carbocycles. The Labute approximate surface area is 120 Å². The SMILES string of the molecule is C=CCn1ccn(/C(=C\C#N)c2ccccc2)c1=[Se]. The van der Waals surface area contributed by atoms with E-state index < -0.39 is 0 Å². The van der Waals surface area contributed by atoms with Gasteiger partial charge in [0.25, 0.3) is 0 Å². The summed E-state index contributed by atoms with van der Waals surface area (Å²) in [5, 5.41) is 8.99. The molecule has 19 heavy (non-hydrogen) atoms. The zero-order valence-corrected chi connectivity index (χ0v) is 12.1. The van der Waals surface area contributed by atoms with Gasteiger partial charge in [0, 0.05) is 0 Å². The zero-order valence-electron chi connectivity index (χ0n) is 10.4. The van der Waals surface area contributed by atoms with Crippen LogP contribution < -0.4 is 0 Å². The number of benzene rings is 1. The van der Waals surface area contributed by atoms with Crippen LogP contribution in [-0.2, 0) is 6.54 Å². The number of aromatic nitrogens is 2. The predicted molar refractivity (Wildman–Crippen MR) is 77.0 cm³/mol. The molecule has 0 atom stereocenters. The van der Waals surface area contributed by atoms with Crippen LogP contribution in [0.15, 0.2) is 61.5 Å². The van der Waals surface area contributed by atoms with Crippen molar-refractivity contribution in [1.29, 1.82) is 5.26 Å². The predicted octanol–water partition coefficient (Wildman–Crippen LogP) is 2.59. The van der Waals surface area contributed by atoms with Crippen LogP contribution in [0.4, 0.5) is 0 Å². The van der Waals surface area contributed by atoms with Crippen LogP contribution >= 0.6 is 0 Å². The fourth-order valence-corrected chi connectivity index (χ4v) is 2.45. The Morgan fingerprint density at radius 3 is 2.68 bits per heavy atom. The van der Waals surface area contributed by atoms with Crippen molar-refractivity contribution in [2.24, 2.45) is 0 Å². The van der Waals surface area contributed by atoms with E-state index in [1.54, 1.807) is 6.08 Å². The summed E-state index contributed by atoms with van der Waals surface area (Å²) in [7, 11) is 0. The van der Waals surface area contributed by atoms with Gasteiger partial charge in [-0.05, 0) is 0 Å². The van der Waals surface area contributed by atoms with Gasteiger partial charge in [-0.2, -0.15) is 0 Å². The van der Waals surface area contributed by atoms with E-state index in [1.807, 2.05) is 57.9 Å². The molecule has 3 nitrogen and oxygen atoms in total. The van der Waals surface area contributed by atoms with Crippen LogP contribution in [0, 0.1) is 15.7 Å². The summed E-state index contributed by atoms with van der Waals surface area (Å²) < 4.78 is 4.92. The van der Waals surface area contributed by atoms with Crippen molar-refractivity contribution >= 4 is 21.3 Å². The number of imidazole rings is 1. The van der Waals surface area contributed by atoms with Gasteiger partial charge in [-0.1, -0.05) is 0 Å². The Bertz CT molecular complexity index is 699. The summed E-state index contributed by atoms with van der Waals surface area (Å²) in [6.45, 7) is 4.46. The van der Waals surface area contributed by atoms with Crippen molar-refractivity contribution < 1.29 is 0 Å². The molecule has 0 amide bonds. The summed E-state index contributed by atoms with van der Waals surface area (Å²) in [5.74, 6) is 0. The van der Waals surface area contributed by atoms with E-state index in [0.29, 0.717) is 0 Å². The zero-order chi connectivity index (χ0) is 13.7. The number of nitriles is 1. The molecule has 0 aliphatic rings. The van der Waals surface area contributed by atoms with E-state index in [2.05, 4.69) is 28.2 Å². The van der Waals surface area contributed by atoms with Gasteiger partial charge in [-0.25, -0.2) is 0 Å². The number of rotatable bonds is 4. The van der Waals surface area contributed by atoms with Crippen molar-refractivity contribution in [2.45, 2.75) is 6.54 Å². The van der Waals surface area contributed by atoms with Gasteiger partial charge < -0.3 is 0 Å². The first kappa shape index (κ1) is 13.4. The third-order valence-corrected chi connectivity index (χ3v) is 3.61. The minimum atomic E-state index is 0.726. The molecule has 1 aromatic carbocycles. The molecule has 94 valence electrons. The van der Waals surface area contributed by atoms with Crippen LogP contribution in [0.1, 0.15) is 5.56 Å². The molecule has 2 aromatic rings. The van der Waals surface area contributed by atoms with Crippen molar-refractivity contribution in [3.8, 4) is 6.07 Å². The average molecular weight is 314 g/mol. The molecular formula is C15H13N3Se. The second kappa shape index (κ2) is 6.19. The summed E-state index contributed by atoms with van der Waals surface area (Å²) >= 11 is 3.04. The minimum absolute atomic E-state index is 0.726. The van der Waals surface area contributed by atoms with Crippen LogP contribution in [0.2, 0.25) is 0 Å². The maximum absolute atomic E-state index is 8.99. The quantitative estimate of drug-likeness (QED) is 0.485. The van der Waals surface area contributed by atoms with Gasteiger partial charge in [0.05, 0.1) is 0 Å². The molecule has 0 unspecified atom stereocenters. The summed E-state index contributed by atoms with van der Waals surface area (Å²) in [6, 6.07) is 12.0. The number of allylic oxidation sites excluding steroid dienone is 2. The van der Waals surface area contributed by atoms with Gasteiger partial charge in [0.1, 0.15) is 0 Å². The first-order valence-corrected chi connectivity index (χ1v) is 6.68. The molecule has 1 heterocycles. The Morgan fingerprint density at radius 2 is 2.05 bits per heavy atom. The molecule has 4 heteroatoms. The number of nitrogens with zero attached hydrogens (tertiary/aromatic N) is 3. The van der Waals surface area contributed by atoms with E-state index >= 15 is 0 Å². The monoisotopic (exact) mass is 315 g/mol. The van der Waals surface area contributed by atoms with Crippen LogP contribution in [-0.4, -0.2) is 24.7 Å². The molecule has 0 aliphatic carbocycles. The van der Waals surface area contributed by atoms with Crippen molar-refractivity contribution in [1.82, 2.24) is 9.13 Å². The van der Waals surface area contributed by atoms with Gasteiger partial charge in [0.15, 0.2) is 0 Å². The van der Waals surface area contributed by atoms with Gasteiger partial charge in [0.2, 0.25) is 0 Å². The van der Waals surface area contributed by atoms with Crippen LogP contribution in [0.25, 0.3) is 5.70 Å². The Hall–Kier alpha value is -2.08. The third-order valence-electron chi connectivity index (χ3n) is 2.70. The molecule has 0 bridgehead atoms. The topological polar surface area (TPSA) is 33.6 Å². The Kier molecular flexibility index (Phi) is 4.35. The van der Waals surface area contributed by atoms with Gasteiger partial charge >= 0.3 is 120 Å². The van der Waals surface area contributed by atoms with E-state index in [0.717, 1.165) is 22.1 Å². The van der Waals surface area contributed by atoms with E-state index in [1.165, 1.54) is 0 Å². The standard InChI is InChI=1S/C15H13N3Se/c1-2-10-17-11-12-18(15(17)19)14(8-9-16)13-6-4-3-5-7-13/h2-8,11-12H,1,10H2/b14-8-. The van der Waals surface area contributed by atoms with Gasteiger partial charge in [-0.3, -0.25) is 0 Å². The van der Waals surface area contributed by atoms with Crippen LogP contribution in [0.3, 0.4) is 0 Å². The molecule has 2 rings (SSSR count). The fraction of sp³-hybridized carbons (Fsp3) is 0.0667. The molecule has 0 aliphatic heterocycles. The molecular weight excluding hydrogens is 301 g/mol. The van der Waals surface area contributed by atoms with E-state index in [4.69, 9.17) is 5.26 Å². The summed E-state index contributed by atoms with van der Waals surface area (Å²) in [6.07, 6.45) is 7.28. The average Bonchev–Trinajstić information content (AvgIpc) is 2.79. The fourth-order valence-electron chi connectivity index (χ4n) is 1.84. The van der Waals surface area contributed by atoms with E-state index in [-0.39, 0.29) is 0 Å². The third kappa shape index (κ3) is 2.85. The summed E-state index contributed by atoms with van der Waals surface area (Å²) in [5.41, 5.74) is 1.85. The van der Waals surface area contributed by atoms with Crippen molar-refractivity contribution in [2.75, 3.05) is 0 Å². The first-order chi connectivity index (χ1) is 9.27. The second-order valence-electron chi connectivity index (χ2n) is 3.92. The van der Waals surface area contributed by atoms with Crippen LogP contribution in [0.5, 0.6) is 0 Å². The Morgan fingerprint density at radius 1 is 1.32 bits per heavy atom. The normalized spacial score (nSPS) is 11.0. The maximum atomic E-state index is 8.99. The van der Waals surface area contributed by atoms with Crippen molar-refractivity contribution in [3.63, 3.8) is 0 Å². The second-order valence-corrected chi connectivity index (χ2v) is 4.68. The Balaban J connectivity index is 2.54. The van der Waals surface area contributed by atoms with E-state index in [9.17, 15) is 0 Å². The first-order valence-electron chi connectivity index (χ1n) is 5.82. The molecule has 0 saturated heterocycles. The molecule has 0 spiro atoms. The summed E-state index contributed by atoms with van der Waals surface area (Å²) in [4.78, 5) is 0. The molecule has 0 radical (unpaired) electrons. The molecule has 1 aromatic heterocycles. The number of hydrogen-bond donors (Lipinski definition) is 0. The number of hydrogen-bond acceptors (Lipinski definition) is 1. The molecule has 0 N–H and O–H groups in total. The van der Waals surface area contributed by atoms with Crippen molar-refractivity contribution in [3.05, 3.63) is 71.3 Å².